The smallest absolute Gasteiger partial charge is 0.325 e. The van der Waals surface area contributed by atoms with E-state index in [-0.39, 0.29) is 6.54 Å². The van der Waals surface area contributed by atoms with Gasteiger partial charge in [0.15, 0.2) is 0 Å². The van der Waals surface area contributed by atoms with E-state index < -0.39 is 5.97 Å². The predicted octanol–water partition coefficient (Wildman–Crippen LogP) is 0.809. The maximum Gasteiger partial charge on any atom is 0.325 e. The van der Waals surface area contributed by atoms with E-state index in [2.05, 4.69) is 15.5 Å². The molecule has 1 unspecified atom stereocenters. The molecule has 1 fully saturated rings. The molecule has 0 aliphatic carbocycles. The average molecular weight is 272 g/mol. The molecular formula is C10H16N4O3S. The van der Waals surface area contributed by atoms with Crippen molar-refractivity contribution in [1.29, 1.82) is 0 Å². The minimum atomic E-state index is -0.941. The fraction of sp³-hybridized carbons (Fsp3) is 0.800. The highest BCUT2D eigenvalue weighted by Gasteiger charge is 2.15. The van der Waals surface area contributed by atoms with Crippen molar-refractivity contribution in [1.82, 2.24) is 20.2 Å². The van der Waals surface area contributed by atoms with Crippen molar-refractivity contribution in [2.75, 3.05) is 12.4 Å². The molecule has 1 atom stereocenters. The Balaban J connectivity index is 1.69. The second-order valence-corrected chi connectivity index (χ2v) is 5.20. The van der Waals surface area contributed by atoms with Crippen LogP contribution in [0.3, 0.4) is 0 Å². The molecule has 1 aromatic rings. The Kier molecular flexibility index (Phi) is 4.94. The predicted molar refractivity (Wildman–Crippen MR) is 64.4 cm³/mol. The summed E-state index contributed by atoms with van der Waals surface area (Å²) < 4.78 is 6.84. The molecule has 0 saturated carbocycles. The fourth-order valence-corrected chi connectivity index (χ4v) is 2.71. The van der Waals surface area contributed by atoms with Crippen molar-refractivity contribution in [2.24, 2.45) is 0 Å². The molecule has 7 nitrogen and oxygen atoms in total. The molecule has 2 rings (SSSR count). The third-order valence-corrected chi connectivity index (χ3v) is 3.75. The van der Waals surface area contributed by atoms with Crippen LogP contribution in [0.2, 0.25) is 0 Å². The van der Waals surface area contributed by atoms with Crippen LogP contribution in [0.4, 0.5) is 0 Å². The molecule has 1 saturated heterocycles. The number of nitrogens with zero attached hydrogens (tertiary/aromatic N) is 4. The highest BCUT2D eigenvalue weighted by Crippen LogP contribution is 2.20. The summed E-state index contributed by atoms with van der Waals surface area (Å²) in [5, 5.41) is 20.2. The Bertz CT molecular complexity index is 392. The van der Waals surface area contributed by atoms with E-state index in [9.17, 15) is 4.79 Å². The second-order valence-electron chi connectivity index (χ2n) is 4.14. The normalized spacial score (nSPS) is 19.2. The lowest BCUT2D eigenvalue weighted by Gasteiger charge is -2.07. The topological polar surface area (TPSA) is 90.1 Å². The largest absolute Gasteiger partial charge is 0.480 e. The average Bonchev–Trinajstić information content (AvgIpc) is 2.95. The van der Waals surface area contributed by atoms with Gasteiger partial charge in [0.05, 0.1) is 6.10 Å². The number of thioether (sulfide) groups is 1. The lowest BCUT2D eigenvalue weighted by Crippen LogP contribution is -2.11. The number of tetrazole rings is 1. The van der Waals surface area contributed by atoms with Crippen molar-refractivity contribution in [3.63, 3.8) is 0 Å². The molecule has 0 amide bonds. The lowest BCUT2D eigenvalue weighted by molar-refractivity contribution is -0.138. The lowest BCUT2D eigenvalue weighted by atomic mass is 10.1. The van der Waals surface area contributed by atoms with Crippen LogP contribution in [0.5, 0.6) is 0 Å². The number of carboxylic acid groups (broad SMARTS) is 1. The minimum absolute atomic E-state index is 0.193. The molecule has 1 aliphatic heterocycles. The van der Waals surface area contributed by atoms with Crippen LogP contribution >= 0.6 is 11.8 Å². The number of aliphatic carboxylic acids is 1. The van der Waals surface area contributed by atoms with Gasteiger partial charge in [-0.15, -0.1) is 5.10 Å². The van der Waals surface area contributed by atoms with Crippen molar-refractivity contribution in [2.45, 2.75) is 43.5 Å². The number of carbonyl (C=O) groups is 1. The molecule has 2 heterocycles. The Morgan fingerprint density at radius 3 is 3.22 bits per heavy atom. The van der Waals surface area contributed by atoms with E-state index in [1.165, 1.54) is 16.4 Å². The monoisotopic (exact) mass is 272 g/mol. The molecule has 1 aliphatic rings. The van der Waals surface area contributed by atoms with Crippen LogP contribution < -0.4 is 0 Å². The first-order chi connectivity index (χ1) is 8.75. The zero-order valence-electron chi connectivity index (χ0n) is 9.99. The highest BCUT2D eigenvalue weighted by molar-refractivity contribution is 7.99. The maximum absolute atomic E-state index is 10.6. The fourth-order valence-electron chi connectivity index (χ4n) is 1.87. The van der Waals surface area contributed by atoms with E-state index in [0.717, 1.165) is 38.0 Å². The van der Waals surface area contributed by atoms with Crippen LogP contribution in [0.25, 0.3) is 0 Å². The van der Waals surface area contributed by atoms with Gasteiger partial charge in [-0.3, -0.25) is 4.79 Å². The van der Waals surface area contributed by atoms with Crippen LogP contribution in [0.1, 0.15) is 25.7 Å². The highest BCUT2D eigenvalue weighted by atomic mass is 32.2. The van der Waals surface area contributed by atoms with E-state index >= 15 is 0 Å². The van der Waals surface area contributed by atoms with Crippen LogP contribution in [0, 0.1) is 0 Å². The summed E-state index contributed by atoms with van der Waals surface area (Å²) in [7, 11) is 0. The summed E-state index contributed by atoms with van der Waals surface area (Å²) in [4.78, 5) is 10.6. The van der Waals surface area contributed by atoms with Gasteiger partial charge < -0.3 is 9.84 Å². The number of carboxylic acids is 1. The van der Waals surface area contributed by atoms with Crippen molar-refractivity contribution < 1.29 is 14.6 Å². The van der Waals surface area contributed by atoms with Crippen molar-refractivity contribution >= 4 is 17.7 Å². The van der Waals surface area contributed by atoms with Gasteiger partial charge in [-0.1, -0.05) is 11.8 Å². The van der Waals surface area contributed by atoms with E-state index in [0.29, 0.717) is 11.3 Å². The van der Waals surface area contributed by atoms with Crippen LogP contribution in [-0.2, 0) is 16.1 Å². The summed E-state index contributed by atoms with van der Waals surface area (Å²) in [6, 6.07) is 0. The number of rotatable bonds is 7. The molecule has 0 spiro atoms. The molecule has 8 heteroatoms. The number of ether oxygens (including phenoxy) is 1. The third kappa shape index (κ3) is 3.95. The summed E-state index contributed by atoms with van der Waals surface area (Å²) >= 11 is 1.49. The van der Waals surface area contributed by atoms with Crippen molar-refractivity contribution in [3.05, 3.63) is 0 Å². The van der Waals surface area contributed by atoms with Gasteiger partial charge in [0.25, 0.3) is 0 Å². The second kappa shape index (κ2) is 6.69. The van der Waals surface area contributed by atoms with E-state index in [1.807, 2.05) is 0 Å². The van der Waals surface area contributed by atoms with Gasteiger partial charge in [-0.25, -0.2) is 4.68 Å². The van der Waals surface area contributed by atoms with Crippen LogP contribution in [-0.4, -0.2) is 49.7 Å². The van der Waals surface area contributed by atoms with Gasteiger partial charge in [-0.2, -0.15) is 0 Å². The van der Waals surface area contributed by atoms with Crippen molar-refractivity contribution in [3.8, 4) is 0 Å². The number of aromatic nitrogens is 4. The SMILES string of the molecule is O=C(O)Cn1nnnc1SCCCC1CCCO1. The van der Waals surface area contributed by atoms with Crippen LogP contribution in [0.15, 0.2) is 5.16 Å². The first-order valence-corrected chi connectivity index (χ1v) is 6.96. The summed E-state index contributed by atoms with van der Waals surface area (Å²) in [6.45, 7) is 0.690. The summed E-state index contributed by atoms with van der Waals surface area (Å²) in [5.74, 6) is -0.0663. The van der Waals surface area contributed by atoms with Gasteiger partial charge in [0.2, 0.25) is 5.16 Å². The van der Waals surface area contributed by atoms with Gasteiger partial charge in [0.1, 0.15) is 6.54 Å². The molecule has 18 heavy (non-hydrogen) atoms. The Labute approximate surface area is 109 Å². The zero-order chi connectivity index (χ0) is 12.8. The minimum Gasteiger partial charge on any atom is -0.480 e. The van der Waals surface area contributed by atoms with Gasteiger partial charge in [0, 0.05) is 12.4 Å². The first-order valence-electron chi connectivity index (χ1n) is 5.98. The molecule has 1 aromatic heterocycles. The molecule has 100 valence electrons. The molecule has 0 bridgehead atoms. The Hall–Kier alpha value is -1.15. The quantitative estimate of drug-likeness (QED) is 0.580. The number of hydrogen-bond acceptors (Lipinski definition) is 6. The zero-order valence-corrected chi connectivity index (χ0v) is 10.8. The Morgan fingerprint density at radius 1 is 1.61 bits per heavy atom. The van der Waals surface area contributed by atoms with Gasteiger partial charge >= 0.3 is 5.97 Å². The van der Waals surface area contributed by atoms with E-state index in [1.54, 1.807) is 0 Å². The molecule has 0 radical (unpaired) electrons. The maximum atomic E-state index is 10.6. The third-order valence-electron chi connectivity index (χ3n) is 2.71. The first kappa shape index (κ1) is 13.3. The number of hydrogen-bond donors (Lipinski definition) is 1. The van der Waals surface area contributed by atoms with E-state index in [4.69, 9.17) is 9.84 Å². The summed E-state index contributed by atoms with van der Waals surface area (Å²) in [6.07, 6.45) is 4.79. The molecule has 0 aromatic carbocycles. The Morgan fingerprint density at radius 2 is 2.50 bits per heavy atom. The van der Waals surface area contributed by atoms with Gasteiger partial charge in [-0.05, 0) is 36.1 Å². The molecular weight excluding hydrogens is 256 g/mol. The molecule has 1 N–H and O–H groups in total. The summed E-state index contributed by atoms with van der Waals surface area (Å²) in [5.41, 5.74) is 0. The standard InChI is InChI=1S/C10H16N4O3S/c15-9(16)7-14-10(11-12-13-14)18-6-2-4-8-3-1-5-17-8/h8H,1-7H2,(H,15,16).